The van der Waals surface area contributed by atoms with E-state index in [1.165, 1.54) is 4.68 Å². The van der Waals surface area contributed by atoms with Crippen LogP contribution in [0.3, 0.4) is 0 Å². The first-order valence-electron chi connectivity index (χ1n) is 5.91. The molecule has 98 valence electrons. The van der Waals surface area contributed by atoms with Gasteiger partial charge in [0.25, 0.3) is 5.91 Å². The van der Waals surface area contributed by atoms with E-state index < -0.39 is 17.4 Å². The van der Waals surface area contributed by atoms with Crippen LogP contribution < -0.4 is 5.32 Å². The van der Waals surface area contributed by atoms with Gasteiger partial charge < -0.3 is 10.4 Å². The van der Waals surface area contributed by atoms with E-state index in [0.29, 0.717) is 5.69 Å². The van der Waals surface area contributed by atoms with Crippen molar-refractivity contribution < 1.29 is 14.7 Å². The SMILES string of the molecule is Cc1cc(C(=O)NC(C)(C(=O)O)C2CC2)n(C)n1. The summed E-state index contributed by atoms with van der Waals surface area (Å²) in [5.74, 6) is -1.36. The molecule has 6 heteroatoms. The Morgan fingerprint density at radius 3 is 2.56 bits per heavy atom. The molecular formula is C12H17N3O3. The summed E-state index contributed by atoms with van der Waals surface area (Å²) in [6.07, 6.45) is 1.68. The maximum Gasteiger partial charge on any atom is 0.329 e. The van der Waals surface area contributed by atoms with E-state index in [1.54, 1.807) is 27.0 Å². The highest BCUT2D eigenvalue weighted by Gasteiger charge is 2.48. The van der Waals surface area contributed by atoms with Gasteiger partial charge in [0, 0.05) is 7.05 Å². The number of hydrogen-bond donors (Lipinski definition) is 2. The third-order valence-corrected chi connectivity index (χ3v) is 3.45. The number of aliphatic carboxylic acids is 1. The second-order valence-corrected chi connectivity index (χ2v) is 5.03. The van der Waals surface area contributed by atoms with Gasteiger partial charge in [0.15, 0.2) is 0 Å². The van der Waals surface area contributed by atoms with Gasteiger partial charge in [-0.3, -0.25) is 9.48 Å². The van der Waals surface area contributed by atoms with Crippen LogP contribution in [0.15, 0.2) is 6.07 Å². The number of hydrogen-bond acceptors (Lipinski definition) is 3. The Hall–Kier alpha value is -1.85. The van der Waals surface area contributed by atoms with Gasteiger partial charge in [0.1, 0.15) is 11.2 Å². The van der Waals surface area contributed by atoms with Gasteiger partial charge in [0.05, 0.1) is 5.69 Å². The highest BCUT2D eigenvalue weighted by atomic mass is 16.4. The molecule has 2 N–H and O–H groups in total. The normalized spacial score (nSPS) is 18.2. The number of nitrogens with one attached hydrogen (secondary N) is 1. The maximum atomic E-state index is 12.1. The van der Waals surface area contributed by atoms with E-state index >= 15 is 0 Å². The Bertz CT molecular complexity index is 505. The molecule has 1 atom stereocenters. The molecule has 0 aromatic carbocycles. The smallest absolute Gasteiger partial charge is 0.329 e. The monoisotopic (exact) mass is 251 g/mol. The molecule has 1 amide bonds. The summed E-state index contributed by atoms with van der Waals surface area (Å²) >= 11 is 0. The Morgan fingerprint density at radius 2 is 2.17 bits per heavy atom. The standard InChI is InChI=1S/C12H17N3O3/c1-7-6-9(15(3)14-7)10(16)13-12(2,11(17)18)8-4-5-8/h6,8H,4-5H2,1-3H3,(H,13,16)(H,17,18). The summed E-state index contributed by atoms with van der Waals surface area (Å²) in [5.41, 5.74) is -0.0818. The number of carbonyl (C=O) groups excluding carboxylic acids is 1. The van der Waals surface area contributed by atoms with Crippen LogP contribution in [0, 0.1) is 12.8 Å². The molecule has 1 aliphatic rings. The van der Waals surface area contributed by atoms with E-state index in [0.717, 1.165) is 18.5 Å². The zero-order valence-corrected chi connectivity index (χ0v) is 10.7. The van der Waals surface area contributed by atoms with Gasteiger partial charge in [0.2, 0.25) is 0 Å². The predicted octanol–water partition coefficient (Wildman–Crippen LogP) is 0.712. The Kier molecular flexibility index (Phi) is 2.88. The molecule has 2 rings (SSSR count). The summed E-state index contributed by atoms with van der Waals surface area (Å²) in [5, 5.41) is 16.0. The van der Waals surface area contributed by atoms with E-state index in [4.69, 9.17) is 0 Å². The highest BCUT2D eigenvalue weighted by Crippen LogP contribution is 2.39. The van der Waals surface area contributed by atoms with Crippen LogP contribution in [0.4, 0.5) is 0 Å². The lowest BCUT2D eigenvalue weighted by molar-refractivity contribution is -0.144. The molecule has 1 unspecified atom stereocenters. The molecule has 0 bridgehead atoms. The van der Waals surface area contributed by atoms with Crippen molar-refractivity contribution in [3.63, 3.8) is 0 Å². The average Bonchev–Trinajstić information content (AvgIpc) is 3.04. The molecule has 6 nitrogen and oxygen atoms in total. The van der Waals surface area contributed by atoms with Crippen LogP contribution in [0.25, 0.3) is 0 Å². The fourth-order valence-corrected chi connectivity index (χ4v) is 2.11. The van der Waals surface area contributed by atoms with Gasteiger partial charge in [-0.1, -0.05) is 0 Å². The lowest BCUT2D eigenvalue weighted by atomic mass is 9.96. The van der Waals surface area contributed by atoms with Crippen LogP contribution >= 0.6 is 0 Å². The number of carboxylic acid groups (broad SMARTS) is 1. The maximum absolute atomic E-state index is 12.1. The Morgan fingerprint density at radius 1 is 1.56 bits per heavy atom. The van der Waals surface area contributed by atoms with Crippen LogP contribution in [0.2, 0.25) is 0 Å². The molecule has 1 saturated carbocycles. The van der Waals surface area contributed by atoms with Crippen LogP contribution in [0.1, 0.15) is 35.9 Å². The molecule has 0 spiro atoms. The summed E-state index contributed by atoms with van der Waals surface area (Å²) in [6, 6.07) is 1.64. The first kappa shape index (κ1) is 12.6. The molecule has 18 heavy (non-hydrogen) atoms. The molecule has 1 aromatic heterocycles. The zero-order chi connectivity index (χ0) is 13.5. The fraction of sp³-hybridized carbons (Fsp3) is 0.583. The number of nitrogens with zero attached hydrogens (tertiary/aromatic N) is 2. The number of carbonyl (C=O) groups is 2. The van der Waals surface area contributed by atoms with Crippen molar-refractivity contribution in [2.24, 2.45) is 13.0 Å². The van der Waals surface area contributed by atoms with Gasteiger partial charge >= 0.3 is 5.97 Å². The predicted molar refractivity (Wildman–Crippen MR) is 64.2 cm³/mol. The highest BCUT2D eigenvalue weighted by molar-refractivity contribution is 5.96. The van der Waals surface area contributed by atoms with Gasteiger partial charge in [-0.2, -0.15) is 5.10 Å². The first-order valence-corrected chi connectivity index (χ1v) is 5.91. The lowest BCUT2D eigenvalue weighted by Crippen LogP contribution is -2.54. The molecular weight excluding hydrogens is 234 g/mol. The second kappa shape index (κ2) is 4.12. The number of amides is 1. The largest absolute Gasteiger partial charge is 0.480 e. The van der Waals surface area contributed by atoms with Crippen molar-refractivity contribution in [3.8, 4) is 0 Å². The molecule has 1 heterocycles. The lowest BCUT2D eigenvalue weighted by Gasteiger charge is -2.25. The van der Waals surface area contributed by atoms with Crippen molar-refractivity contribution in [1.29, 1.82) is 0 Å². The van der Waals surface area contributed by atoms with Crippen LogP contribution in [-0.2, 0) is 11.8 Å². The van der Waals surface area contributed by atoms with Crippen LogP contribution in [0.5, 0.6) is 0 Å². The molecule has 1 fully saturated rings. The van der Waals surface area contributed by atoms with E-state index in [9.17, 15) is 14.7 Å². The quantitative estimate of drug-likeness (QED) is 0.825. The molecule has 0 saturated heterocycles. The number of aryl methyl sites for hydroxylation is 2. The molecule has 1 aliphatic carbocycles. The first-order chi connectivity index (χ1) is 8.34. The summed E-state index contributed by atoms with van der Waals surface area (Å²) < 4.78 is 1.46. The van der Waals surface area contributed by atoms with Gasteiger partial charge in [-0.05, 0) is 38.7 Å². The summed E-state index contributed by atoms with van der Waals surface area (Å²) in [4.78, 5) is 23.4. The Balaban J connectivity index is 2.20. The minimum Gasteiger partial charge on any atom is -0.480 e. The van der Waals surface area contributed by atoms with Gasteiger partial charge in [-0.25, -0.2) is 4.79 Å². The third-order valence-electron chi connectivity index (χ3n) is 3.45. The molecule has 1 aromatic rings. The van der Waals surface area contributed by atoms with E-state index in [1.807, 2.05) is 0 Å². The fourth-order valence-electron chi connectivity index (χ4n) is 2.11. The second-order valence-electron chi connectivity index (χ2n) is 5.03. The van der Waals surface area contributed by atoms with Crippen molar-refractivity contribution in [2.45, 2.75) is 32.2 Å². The zero-order valence-electron chi connectivity index (χ0n) is 10.7. The Labute approximate surface area is 105 Å². The molecule has 0 radical (unpaired) electrons. The van der Waals surface area contributed by atoms with E-state index in [2.05, 4.69) is 10.4 Å². The van der Waals surface area contributed by atoms with Crippen molar-refractivity contribution in [1.82, 2.24) is 15.1 Å². The van der Waals surface area contributed by atoms with Crippen molar-refractivity contribution in [3.05, 3.63) is 17.5 Å². The van der Waals surface area contributed by atoms with Gasteiger partial charge in [-0.15, -0.1) is 0 Å². The van der Waals surface area contributed by atoms with Crippen molar-refractivity contribution in [2.75, 3.05) is 0 Å². The topological polar surface area (TPSA) is 84.2 Å². The molecule has 0 aliphatic heterocycles. The number of carboxylic acids is 1. The number of rotatable bonds is 4. The average molecular weight is 251 g/mol. The van der Waals surface area contributed by atoms with E-state index in [-0.39, 0.29) is 5.92 Å². The van der Waals surface area contributed by atoms with Crippen molar-refractivity contribution >= 4 is 11.9 Å². The minimum absolute atomic E-state index is 0.0216. The van der Waals surface area contributed by atoms with Crippen LogP contribution in [-0.4, -0.2) is 32.3 Å². The summed E-state index contributed by atoms with van der Waals surface area (Å²) in [7, 11) is 1.66. The summed E-state index contributed by atoms with van der Waals surface area (Å²) in [6.45, 7) is 3.35. The number of aromatic nitrogens is 2. The minimum atomic E-state index is -1.19. The third kappa shape index (κ3) is 2.10.